The predicted molar refractivity (Wildman–Crippen MR) is 64.4 cm³/mol. The molecule has 1 aromatic carbocycles. The zero-order valence-electron chi connectivity index (χ0n) is 9.33. The predicted octanol–water partition coefficient (Wildman–Crippen LogP) is 2.38. The van der Waals surface area contributed by atoms with E-state index in [1.807, 2.05) is 24.3 Å². The van der Waals surface area contributed by atoms with Gasteiger partial charge in [-0.1, -0.05) is 36.7 Å². The Morgan fingerprint density at radius 3 is 2.88 bits per heavy atom. The second-order valence-electron chi connectivity index (χ2n) is 3.34. The minimum Gasteiger partial charge on any atom is -0.464 e. The first-order valence-electron chi connectivity index (χ1n) is 5.33. The van der Waals surface area contributed by atoms with E-state index in [4.69, 9.17) is 16.3 Å². The van der Waals surface area contributed by atoms with Crippen LogP contribution < -0.4 is 5.32 Å². The molecule has 0 heterocycles. The molecule has 0 aliphatic heterocycles. The normalized spacial score (nSPS) is 10.1. The summed E-state index contributed by atoms with van der Waals surface area (Å²) < 4.78 is 4.92. The van der Waals surface area contributed by atoms with Gasteiger partial charge in [0.2, 0.25) is 0 Å². The molecule has 16 heavy (non-hydrogen) atoms. The maximum atomic E-state index is 10.8. The van der Waals surface area contributed by atoms with E-state index in [1.54, 1.807) is 6.92 Å². The summed E-state index contributed by atoms with van der Waals surface area (Å²) in [5.74, 6) is -0.167. The Morgan fingerprint density at radius 2 is 2.19 bits per heavy atom. The number of benzene rings is 1. The van der Waals surface area contributed by atoms with Crippen LogP contribution >= 0.6 is 11.6 Å². The highest BCUT2D eigenvalue weighted by Gasteiger charge is 1.99. The van der Waals surface area contributed by atoms with E-state index < -0.39 is 0 Å². The second kappa shape index (κ2) is 7.25. The van der Waals surface area contributed by atoms with Gasteiger partial charge in [0.05, 0.1) is 0 Å². The van der Waals surface area contributed by atoms with E-state index in [9.17, 15) is 4.79 Å². The lowest BCUT2D eigenvalue weighted by Crippen LogP contribution is -2.20. The third-order valence-electron chi connectivity index (χ3n) is 2.10. The SMILES string of the molecule is CCC(=O)OCCNCc1ccccc1Cl. The molecule has 0 bridgehead atoms. The number of rotatable bonds is 6. The molecule has 0 unspecified atom stereocenters. The standard InChI is InChI=1S/C12H16ClNO2/c1-2-12(15)16-8-7-14-9-10-5-3-4-6-11(10)13/h3-6,14H,2,7-9H2,1H3. The average Bonchev–Trinajstić information content (AvgIpc) is 2.30. The van der Waals surface area contributed by atoms with E-state index in [-0.39, 0.29) is 5.97 Å². The molecule has 0 atom stereocenters. The van der Waals surface area contributed by atoms with E-state index in [1.165, 1.54) is 0 Å². The number of carbonyl (C=O) groups excluding carboxylic acids is 1. The number of hydrogen-bond acceptors (Lipinski definition) is 3. The first-order valence-corrected chi connectivity index (χ1v) is 5.71. The van der Waals surface area contributed by atoms with Gasteiger partial charge in [-0.05, 0) is 11.6 Å². The van der Waals surface area contributed by atoms with Crippen molar-refractivity contribution in [3.05, 3.63) is 34.9 Å². The highest BCUT2D eigenvalue weighted by molar-refractivity contribution is 6.31. The molecule has 1 rings (SSSR count). The summed E-state index contributed by atoms with van der Waals surface area (Å²) in [4.78, 5) is 10.8. The lowest BCUT2D eigenvalue weighted by Gasteiger charge is -2.07. The van der Waals surface area contributed by atoms with Gasteiger partial charge in [0.1, 0.15) is 6.61 Å². The van der Waals surface area contributed by atoms with Crippen molar-refractivity contribution in [1.82, 2.24) is 5.32 Å². The van der Waals surface area contributed by atoms with Crippen molar-refractivity contribution >= 4 is 17.6 Å². The van der Waals surface area contributed by atoms with E-state index in [0.717, 1.165) is 10.6 Å². The number of carbonyl (C=O) groups is 1. The number of nitrogens with one attached hydrogen (secondary N) is 1. The van der Waals surface area contributed by atoms with Crippen molar-refractivity contribution in [3.8, 4) is 0 Å². The van der Waals surface area contributed by atoms with Gasteiger partial charge in [0.15, 0.2) is 0 Å². The highest BCUT2D eigenvalue weighted by Crippen LogP contribution is 2.13. The number of halogens is 1. The lowest BCUT2D eigenvalue weighted by atomic mass is 10.2. The quantitative estimate of drug-likeness (QED) is 0.614. The Bertz CT molecular complexity index is 342. The Balaban J connectivity index is 2.17. The van der Waals surface area contributed by atoms with Crippen molar-refractivity contribution in [1.29, 1.82) is 0 Å². The zero-order chi connectivity index (χ0) is 11.8. The zero-order valence-corrected chi connectivity index (χ0v) is 10.1. The molecule has 0 aromatic heterocycles. The number of esters is 1. The van der Waals surface area contributed by atoms with Crippen LogP contribution in [0.15, 0.2) is 24.3 Å². The lowest BCUT2D eigenvalue weighted by molar-refractivity contribution is -0.143. The summed E-state index contributed by atoms with van der Waals surface area (Å²) in [5.41, 5.74) is 1.05. The topological polar surface area (TPSA) is 38.3 Å². The summed E-state index contributed by atoms with van der Waals surface area (Å²) in [6.45, 7) is 3.50. The Hall–Kier alpha value is -1.06. The fourth-order valence-corrected chi connectivity index (χ4v) is 1.41. The van der Waals surface area contributed by atoms with Crippen LogP contribution in [0.2, 0.25) is 5.02 Å². The first kappa shape index (κ1) is 13.0. The molecule has 1 aromatic rings. The van der Waals surface area contributed by atoms with Crippen LogP contribution in [0.4, 0.5) is 0 Å². The minimum absolute atomic E-state index is 0.167. The van der Waals surface area contributed by atoms with E-state index in [2.05, 4.69) is 5.32 Å². The van der Waals surface area contributed by atoms with Gasteiger partial charge in [-0.2, -0.15) is 0 Å². The van der Waals surface area contributed by atoms with Crippen LogP contribution in [0.1, 0.15) is 18.9 Å². The van der Waals surface area contributed by atoms with Gasteiger partial charge in [0, 0.05) is 24.5 Å². The van der Waals surface area contributed by atoms with Crippen LogP contribution in [0, 0.1) is 0 Å². The molecule has 0 radical (unpaired) electrons. The fraction of sp³-hybridized carbons (Fsp3) is 0.417. The monoisotopic (exact) mass is 241 g/mol. The molecular formula is C12H16ClNO2. The highest BCUT2D eigenvalue weighted by atomic mass is 35.5. The van der Waals surface area contributed by atoms with Crippen LogP contribution in [0.3, 0.4) is 0 Å². The molecule has 0 aliphatic carbocycles. The largest absolute Gasteiger partial charge is 0.464 e. The van der Waals surface area contributed by atoms with Gasteiger partial charge in [-0.25, -0.2) is 0 Å². The number of ether oxygens (including phenoxy) is 1. The molecule has 0 amide bonds. The van der Waals surface area contributed by atoms with Crippen molar-refractivity contribution in [2.24, 2.45) is 0 Å². The summed E-state index contributed by atoms with van der Waals surface area (Å²) >= 11 is 5.98. The van der Waals surface area contributed by atoms with Crippen molar-refractivity contribution in [3.63, 3.8) is 0 Å². The summed E-state index contributed by atoms with van der Waals surface area (Å²) in [5, 5.41) is 3.91. The van der Waals surface area contributed by atoms with Crippen LogP contribution in [0.25, 0.3) is 0 Å². The fourth-order valence-electron chi connectivity index (χ4n) is 1.20. The van der Waals surface area contributed by atoms with Gasteiger partial charge < -0.3 is 10.1 Å². The van der Waals surface area contributed by atoms with Crippen molar-refractivity contribution in [2.45, 2.75) is 19.9 Å². The molecule has 0 aliphatic rings. The van der Waals surface area contributed by atoms with Crippen LogP contribution in [-0.2, 0) is 16.1 Å². The van der Waals surface area contributed by atoms with Gasteiger partial charge in [-0.15, -0.1) is 0 Å². The van der Waals surface area contributed by atoms with E-state index >= 15 is 0 Å². The second-order valence-corrected chi connectivity index (χ2v) is 3.75. The van der Waals surface area contributed by atoms with Crippen LogP contribution in [0.5, 0.6) is 0 Å². The number of hydrogen-bond donors (Lipinski definition) is 1. The third kappa shape index (κ3) is 4.64. The Kier molecular flexibility index (Phi) is 5.90. The van der Waals surface area contributed by atoms with Gasteiger partial charge in [0.25, 0.3) is 0 Å². The molecule has 0 saturated heterocycles. The van der Waals surface area contributed by atoms with E-state index in [0.29, 0.717) is 26.1 Å². The molecule has 88 valence electrons. The van der Waals surface area contributed by atoms with Crippen molar-refractivity contribution < 1.29 is 9.53 Å². The summed E-state index contributed by atoms with van der Waals surface area (Å²) in [7, 11) is 0. The maximum Gasteiger partial charge on any atom is 0.305 e. The molecule has 0 saturated carbocycles. The smallest absolute Gasteiger partial charge is 0.305 e. The van der Waals surface area contributed by atoms with Gasteiger partial charge >= 0.3 is 5.97 Å². The molecule has 0 fully saturated rings. The average molecular weight is 242 g/mol. The first-order chi connectivity index (χ1) is 7.74. The molecular weight excluding hydrogens is 226 g/mol. The summed E-state index contributed by atoms with van der Waals surface area (Å²) in [6.07, 6.45) is 0.421. The molecule has 1 N–H and O–H groups in total. The summed E-state index contributed by atoms with van der Waals surface area (Å²) in [6, 6.07) is 7.66. The Morgan fingerprint density at radius 1 is 1.44 bits per heavy atom. The third-order valence-corrected chi connectivity index (χ3v) is 2.47. The van der Waals surface area contributed by atoms with Crippen molar-refractivity contribution in [2.75, 3.05) is 13.2 Å². The Labute approximate surface area is 101 Å². The minimum atomic E-state index is -0.167. The maximum absolute atomic E-state index is 10.8. The molecule has 3 nitrogen and oxygen atoms in total. The van der Waals surface area contributed by atoms with Crippen LogP contribution in [-0.4, -0.2) is 19.1 Å². The molecule has 0 spiro atoms. The van der Waals surface area contributed by atoms with Gasteiger partial charge in [-0.3, -0.25) is 4.79 Å². The molecule has 4 heteroatoms.